The van der Waals surface area contributed by atoms with E-state index in [-0.39, 0.29) is 6.04 Å². The molecule has 0 saturated carbocycles. The highest BCUT2D eigenvalue weighted by molar-refractivity contribution is 6.31. The molecule has 0 N–H and O–H groups in total. The summed E-state index contributed by atoms with van der Waals surface area (Å²) in [5.74, 6) is -1.67. The molecule has 0 amide bonds. The largest absolute Gasteiger partial charge is 0.318 e. The zero-order valence-corrected chi connectivity index (χ0v) is 16.3. The molecule has 0 spiro atoms. The van der Waals surface area contributed by atoms with Gasteiger partial charge in [-0.25, -0.2) is 8.78 Å². The van der Waals surface area contributed by atoms with Gasteiger partial charge in [0.2, 0.25) is 0 Å². The van der Waals surface area contributed by atoms with Crippen molar-refractivity contribution >= 4 is 34.3 Å². The summed E-state index contributed by atoms with van der Waals surface area (Å²) in [5, 5.41) is 1.88. The van der Waals surface area contributed by atoms with Gasteiger partial charge in [-0.1, -0.05) is 17.7 Å². The van der Waals surface area contributed by atoms with Gasteiger partial charge in [-0.3, -0.25) is 4.90 Å². The van der Waals surface area contributed by atoms with Gasteiger partial charge in [0.15, 0.2) is 11.6 Å². The molecule has 1 aliphatic heterocycles. The molecule has 0 saturated heterocycles. The molecule has 2 nitrogen and oxygen atoms in total. The summed E-state index contributed by atoms with van der Waals surface area (Å²) in [6.07, 6.45) is 2.97. The summed E-state index contributed by atoms with van der Waals surface area (Å²) in [7, 11) is 2.12. The summed E-state index contributed by atoms with van der Waals surface area (Å²) in [6.45, 7) is 5.10. The third kappa shape index (κ3) is 3.07. The van der Waals surface area contributed by atoms with Crippen LogP contribution in [0.1, 0.15) is 36.7 Å². The first-order valence-electron chi connectivity index (χ1n) is 9.03. The zero-order valence-electron chi connectivity index (χ0n) is 15.6. The molecule has 4 rings (SSSR count). The minimum absolute atomic E-state index is 0.244. The van der Waals surface area contributed by atoms with Crippen molar-refractivity contribution in [3.8, 4) is 0 Å². The van der Waals surface area contributed by atoms with Crippen LogP contribution in [0.15, 0.2) is 36.4 Å². The molecule has 27 heavy (non-hydrogen) atoms. The maximum Gasteiger partial charge on any atom is 0.159 e. The van der Waals surface area contributed by atoms with Gasteiger partial charge in [0.05, 0.1) is 5.52 Å². The number of hydrogen-bond acceptors (Lipinski definition) is 1. The molecule has 1 unspecified atom stereocenters. The van der Waals surface area contributed by atoms with Crippen molar-refractivity contribution in [2.45, 2.75) is 26.3 Å². The predicted octanol–water partition coefficient (Wildman–Crippen LogP) is 6.14. The molecular formula is C22H21ClF2N2. The minimum atomic E-state index is -0.834. The molecule has 0 fully saturated rings. The smallest absolute Gasteiger partial charge is 0.159 e. The minimum Gasteiger partial charge on any atom is -0.318 e. The van der Waals surface area contributed by atoms with Crippen molar-refractivity contribution in [3.63, 3.8) is 0 Å². The molecule has 2 heterocycles. The van der Waals surface area contributed by atoms with Crippen LogP contribution in [0.4, 0.5) is 8.78 Å². The van der Waals surface area contributed by atoms with Crippen molar-refractivity contribution in [3.05, 3.63) is 69.9 Å². The summed E-state index contributed by atoms with van der Waals surface area (Å²) in [4.78, 5) is 2.32. The first-order valence-corrected chi connectivity index (χ1v) is 9.41. The number of hydrogen-bond donors (Lipinski definition) is 0. The summed E-state index contributed by atoms with van der Waals surface area (Å²) < 4.78 is 29.1. The Morgan fingerprint density at radius 3 is 2.67 bits per heavy atom. The van der Waals surface area contributed by atoms with Crippen LogP contribution >= 0.6 is 11.6 Å². The second kappa shape index (κ2) is 6.77. The van der Waals surface area contributed by atoms with Gasteiger partial charge in [0.1, 0.15) is 0 Å². The molecular weight excluding hydrogens is 366 g/mol. The fourth-order valence-electron chi connectivity index (χ4n) is 3.93. The SMILES string of the molecule is C/C(=C\n1c2c(c3cc(Cl)ccc31)CCN(C)C2C)c1ccc(F)c(F)c1. The highest BCUT2D eigenvalue weighted by Gasteiger charge is 2.27. The number of nitrogens with zero attached hydrogens (tertiary/aromatic N) is 2. The second-order valence-corrected chi connectivity index (χ2v) is 7.68. The number of aromatic nitrogens is 1. The number of likely N-dealkylation sites (N-methyl/N-ethyl adjacent to an activating group) is 1. The van der Waals surface area contributed by atoms with E-state index in [0.29, 0.717) is 5.56 Å². The van der Waals surface area contributed by atoms with E-state index in [2.05, 4.69) is 23.4 Å². The van der Waals surface area contributed by atoms with Crippen molar-refractivity contribution in [2.24, 2.45) is 0 Å². The average molecular weight is 387 g/mol. The quantitative estimate of drug-likeness (QED) is 0.513. The standard InChI is InChI=1S/C22H21ClF2N2/c1-13(15-4-6-19(24)20(25)10-15)12-27-21-7-5-16(23)11-18(21)17-8-9-26(3)14(2)22(17)27/h4-7,10-12,14H,8-9H2,1-3H3/b13-12+. The Hall–Kier alpha value is -2.17. The first-order chi connectivity index (χ1) is 12.9. The molecule has 3 aromatic rings. The molecule has 140 valence electrons. The van der Waals surface area contributed by atoms with Crippen LogP contribution in [-0.2, 0) is 6.42 Å². The van der Waals surface area contributed by atoms with Gasteiger partial charge in [0.25, 0.3) is 0 Å². The number of rotatable bonds is 2. The van der Waals surface area contributed by atoms with E-state index in [1.165, 1.54) is 23.4 Å². The zero-order chi connectivity index (χ0) is 19.3. The molecule has 1 aliphatic rings. The Labute approximate surface area is 162 Å². The van der Waals surface area contributed by atoms with Crippen LogP contribution in [0, 0.1) is 11.6 Å². The lowest BCUT2D eigenvalue weighted by molar-refractivity contribution is 0.242. The van der Waals surface area contributed by atoms with E-state index in [0.717, 1.165) is 34.5 Å². The Bertz CT molecular complexity index is 1070. The number of benzene rings is 2. The van der Waals surface area contributed by atoms with E-state index in [1.54, 1.807) is 6.07 Å². The molecule has 0 bridgehead atoms. The van der Waals surface area contributed by atoms with Gasteiger partial charge >= 0.3 is 0 Å². The van der Waals surface area contributed by atoms with Crippen LogP contribution in [0.2, 0.25) is 5.02 Å². The monoisotopic (exact) mass is 386 g/mol. The van der Waals surface area contributed by atoms with Crippen LogP contribution in [0.5, 0.6) is 0 Å². The summed E-state index contributed by atoms with van der Waals surface area (Å²) in [5.41, 5.74) is 5.14. The Morgan fingerprint density at radius 1 is 1.15 bits per heavy atom. The van der Waals surface area contributed by atoms with Crippen molar-refractivity contribution in [1.82, 2.24) is 9.47 Å². The summed E-state index contributed by atoms with van der Waals surface area (Å²) >= 11 is 6.26. The topological polar surface area (TPSA) is 8.17 Å². The Balaban J connectivity index is 1.94. The van der Waals surface area contributed by atoms with Crippen LogP contribution in [0.3, 0.4) is 0 Å². The first kappa shape index (κ1) is 18.2. The van der Waals surface area contributed by atoms with Crippen molar-refractivity contribution in [1.29, 1.82) is 0 Å². The van der Waals surface area contributed by atoms with Gasteiger partial charge in [0, 0.05) is 34.9 Å². The lowest BCUT2D eigenvalue weighted by atomic mass is 9.99. The van der Waals surface area contributed by atoms with E-state index >= 15 is 0 Å². The lowest BCUT2D eigenvalue weighted by Gasteiger charge is -2.31. The van der Waals surface area contributed by atoms with Gasteiger partial charge in [-0.2, -0.15) is 0 Å². The molecule has 1 aromatic heterocycles. The highest BCUT2D eigenvalue weighted by Crippen LogP contribution is 2.38. The molecule has 0 radical (unpaired) electrons. The van der Waals surface area contributed by atoms with Gasteiger partial charge in [-0.15, -0.1) is 0 Å². The molecule has 2 aromatic carbocycles. The molecule has 5 heteroatoms. The third-order valence-corrected chi connectivity index (χ3v) is 5.82. The van der Waals surface area contributed by atoms with Crippen LogP contribution < -0.4 is 0 Å². The summed E-state index contributed by atoms with van der Waals surface area (Å²) in [6, 6.07) is 10.2. The van der Waals surface area contributed by atoms with Gasteiger partial charge < -0.3 is 4.57 Å². The fraction of sp³-hybridized carbons (Fsp3) is 0.273. The average Bonchev–Trinajstić information content (AvgIpc) is 2.94. The number of allylic oxidation sites excluding steroid dienone is 1. The number of fused-ring (bicyclic) bond motifs is 3. The second-order valence-electron chi connectivity index (χ2n) is 7.24. The van der Waals surface area contributed by atoms with Gasteiger partial charge in [-0.05, 0) is 74.3 Å². The molecule has 0 aliphatic carbocycles. The Morgan fingerprint density at radius 2 is 1.93 bits per heavy atom. The van der Waals surface area contributed by atoms with E-state index < -0.39 is 11.6 Å². The fourth-order valence-corrected chi connectivity index (χ4v) is 4.10. The van der Waals surface area contributed by atoms with Crippen LogP contribution in [-0.4, -0.2) is 23.1 Å². The van der Waals surface area contributed by atoms with Crippen molar-refractivity contribution < 1.29 is 8.78 Å². The third-order valence-electron chi connectivity index (χ3n) is 5.58. The normalized spacial score (nSPS) is 18.1. The maximum absolute atomic E-state index is 13.7. The lowest BCUT2D eigenvalue weighted by Crippen LogP contribution is -2.31. The maximum atomic E-state index is 13.7. The van der Waals surface area contributed by atoms with E-state index in [9.17, 15) is 8.78 Å². The predicted molar refractivity (Wildman–Crippen MR) is 108 cm³/mol. The van der Waals surface area contributed by atoms with Crippen molar-refractivity contribution in [2.75, 3.05) is 13.6 Å². The van der Waals surface area contributed by atoms with E-state index in [4.69, 9.17) is 11.6 Å². The Kier molecular flexibility index (Phi) is 4.57. The number of halogens is 3. The molecule has 1 atom stereocenters. The van der Waals surface area contributed by atoms with E-state index in [1.807, 2.05) is 31.3 Å². The highest BCUT2D eigenvalue weighted by atomic mass is 35.5. The van der Waals surface area contributed by atoms with Crippen LogP contribution in [0.25, 0.3) is 22.7 Å².